The fraction of sp³-hybridized carbons (Fsp3) is 0.350. The molecule has 1 atom stereocenters. The minimum atomic E-state index is -1.19. The average Bonchev–Trinajstić information content (AvgIpc) is 3.06. The Bertz CT molecular complexity index is 962. The van der Waals surface area contributed by atoms with E-state index < -0.39 is 24.3 Å². The molecule has 0 fully saturated rings. The van der Waals surface area contributed by atoms with E-state index in [4.69, 9.17) is 9.84 Å². The van der Waals surface area contributed by atoms with E-state index in [1.54, 1.807) is 25.1 Å². The standard InChI is InChI=1S/C20H21N3O5S/c1-11(2)10-28-16-5-4-13(6-14(16)8-21)20-22-12(3)18(29-20)19(27)23-15(9-24)7-17(25)26/h4-6,9,11,15H,7,10H2,1-3H3,(H,23,27)(H,25,26)/t15-/m0/s1. The number of amides is 1. The topological polar surface area (TPSA) is 129 Å². The predicted molar refractivity (Wildman–Crippen MR) is 107 cm³/mol. The smallest absolute Gasteiger partial charge is 0.305 e. The van der Waals surface area contributed by atoms with Gasteiger partial charge in [-0.15, -0.1) is 11.3 Å². The molecule has 0 spiro atoms. The van der Waals surface area contributed by atoms with Gasteiger partial charge in [0.25, 0.3) is 5.91 Å². The van der Waals surface area contributed by atoms with Crippen molar-refractivity contribution >= 4 is 29.5 Å². The number of benzene rings is 1. The Hall–Kier alpha value is -3.25. The SMILES string of the molecule is Cc1nc(-c2ccc(OCC(C)C)c(C#N)c2)sc1C(=O)N[C@H](C=O)CC(=O)O. The van der Waals surface area contributed by atoms with Crippen molar-refractivity contribution < 1.29 is 24.2 Å². The molecule has 1 heterocycles. The lowest BCUT2D eigenvalue weighted by atomic mass is 10.1. The lowest BCUT2D eigenvalue weighted by Gasteiger charge is -2.10. The molecular formula is C20H21N3O5S. The fourth-order valence-electron chi connectivity index (χ4n) is 2.42. The van der Waals surface area contributed by atoms with Crippen molar-refractivity contribution in [1.29, 1.82) is 5.26 Å². The van der Waals surface area contributed by atoms with E-state index in [9.17, 15) is 19.6 Å². The van der Waals surface area contributed by atoms with E-state index in [0.29, 0.717) is 46.4 Å². The maximum absolute atomic E-state index is 12.4. The summed E-state index contributed by atoms with van der Waals surface area (Å²) in [5, 5.41) is 21.1. The third-order valence-electron chi connectivity index (χ3n) is 3.80. The van der Waals surface area contributed by atoms with E-state index in [1.165, 1.54) is 0 Å². The number of nitrogens with zero attached hydrogens (tertiary/aromatic N) is 2. The molecule has 0 bridgehead atoms. The quantitative estimate of drug-likeness (QED) is 0.602. The van der Waals surface area contributed by atoms with Crippen LogP contribution in [0.3, 0.4) is 0 Å². The number of carbonyl (C=O) groups is 3. The molecule has 9 heteroatoms. The number of ether oxygens (including phenoxy) is 1. The van der Waals surface area contributed by atoms with Crippen molar-refractivity contribution in [3.05, 3.63) is 34.3 Å². The molecule has 1 aromatic carbocycles. The zero-order valence-electron chi connectivity index (χ0n) is 16.3. The number of aryl methyl sites for hydroxylation is 1. The first kappa shape index (κ1) is 22.0. The first-order valence-electron chi connectivity index (χ1n) is 8.87. The lowest BCUT2D eigenvalue weighted by molar-refractivity contribution is -0.138. The number of nitrogens with one attached hydrogen (secondary N) is 1. The summed E-state index contributed by atoms with van der Waals surface area (Å²) in [5.74, 6) is -0.950. The van der Waals surface area contributed by atoms with Gasteiger partial charge < -0.3 is 20.0 Å². The van der Waals surface area contributed by atoms with Gasteiger partial charge in [-0.3, -0.25) is 9.59 Å². The number of hydrogen-bond donors (Lipinski definition) is 2. The number of aldehydes is 1. The maximum atomic E-state index is 12.4. The van der Waals surface area contributed by atoms with Gasteiger partial charge in [0.15, 0.2) is 0 Å². The molecule has 2 N–H and O–H groups in total. The molecular weight excluding hydrogens is 394 g/mol. The average molecular weight is 415 g/mol. The molecule has 0 saturated carbocycles. The fourth-order valence-corrected chi connectivity index (χ4v) is 3.38. The van der Waals surface area contributed by atoms with E-state index in [-0.39, 0.29) is 4.88 Å². The van der Waals surface area contributed by atoms with Crippen molar-refractivity contribution in [2.45, 2.75) is 33.2 Å². The highest BCUT2D eigenvalue weighted by Gasteiger charge is 2.21. The summed E-state index contributed by atoms with van der Waals surface area (Å²) < 4.78 is 5.65. The normalized spacial score (nSPS) is 11.6. The third kappa shape index (κ3) is 5.86. The van der Waals surface area contributed by atoms with Gasteiger partial charge in [0, 0.05) is 5.56 Å². The minimum absolute atomic E-state index is 0.274. The van der Waals surface area contributed by atoms with Gasteiger partial charge in [0.2, 0.25) is 0 Å². The number of carboxylic acids is 1. The first-order chi connectivity index (χ1) is 13.7. The number of aromatic nitrogens is 1. The van der Waals surface area contributed by atoms with E-state index in [2.05, 4.69) is 16.4 Å². The third-order valence-corrected chi connectivity index (χ3v) is 5.00. The zero-order chi connectivity index (χ0) is 21.6. The summed E-state index contributed by atoms with van der Waals surface area (Å²) in [7, 11) is 0. The summed E-state index contributed by atoms with van der Waals surface area (Å²) in [6.45, 7) is 6.16. The van der Waals surface area contributed by atoms with E-state index in [0.717, 1.165) is 11.3 Å². The van der Waals surface area contributed by atoms with Crippen molar-refractivity contribution in [3.8, 4) is 22.4 Å². The predicted octanol–water partition coefficient (Wildman–Crippen LogP) is 2.80. The van der Waals surface area contributed by atoms with Gasteiger partial charge in [0.05, 0.1) is 30.3 Å². The number of hydrogen-bond acceptors (Lipinski definition) is 7. The highest BCUT2D eigenvalue weighted by atomic mass is 32.1. The van der Waals surface area contributed by atoms with Crippen LogP contribution in [-0.2, 0) is 9.59 Å². The highest BCUT2D eigenvalue weighted by molar-refractivity contribution is 7.17. The Morgan fingerprint density at radius 1 is 1.41 bits per heavy atom. The van der Waals surface area contributed by atoms with Crippen LogP contribution >= 0.6 is 11.3 Å². The molecule has 152 valence electrons. The molecule has 0 radical (unpaired) electrons. The molecule has 0 aliphatic rings. The van der Waals surface area contributed by atoms with Gasteiger partial charge in [-0.05, 0) is 31.0 Å². The molecule has 8 nitrogen and oxygen atoms in total. The maximum Gasteiger partial charge on any atom is 0.305 e. The number of aliphatic carboxylic acids is 1. The number of carbonyl (C=O) groups excluding carboxylic acids is 2. The Balaban J connectivity index is 2.25. The molecule has 29 heavy (non-hydrogen) atoms. The van der Waals surface area contributed by atoms with Crippen LogP contribution < -0.4 is 10.1 Å². The van der Waals surface area contributed by atoms with Crippen LogP contribution in [-0.4, -0.2) is 40.9 Å². The monoisotopic (exact) mass is 415 g/mol. The largest absolute Gasteiger partial charge is 0.492 e. The zero-order valence-corrected chi connectivity index (χ0v) is 17.1. The van der Waals surface area contributed by atoms with Crippen molar-refractivity contribution in [1.82, 2.24) is 10.3 Å². The van der Waals surface area contributed by atoms with Crippen LogP contribution in [0.4, 0.5) is 0 Å². The second-order valence-electron chi connectivity index (χ2n) is 6.78. The van der Waals surface area contributed by atoms with Gasteiger partial charge in [-0.25, -0.2) is 4.98 Å². The van der Waals surface area contributed by atoms with Gasteiger partial charge in [0.1, 0.15) is 28.0 Å². The van der Waals surface area contributed by atoms with Crippen LogP contribution in [0.1, 0.15) is 41.2 Å². The minimum Gasteiger partial charge on any atom is -0.492 e. The Morgan fingerprint density at radius 2 is 2.14 bits per heavy atom. The van der Waals surface area contributed by atoms with Crippen LogP contribution in [0.2, 0.25) is 0 Å². The summed E-state index contributed by atoms with van der Waals surface area (Å²) >= 11 is 1.10. The second kappa shape index (κ2) is 9.80. The summed E-state index contributed by atoms with van der Waals surface area (Å²) in [5.41, 5.74) is 1.47. The van der Waals surface area contributed by atoms with Crippen molar-refractivity contribution in [3.63, 3.8) is 0 Å². The molecule has 0 aliphatic carbocycles. The molecule has 0 unspecified atom stereocenters. The first-order valence-corrected chi connectivity index (χ1v) is 9.69. The highest BCUT2D eigenvalue weighted by Crippen LogP contribution is 2.31. The molecule has 1 amide bonds. The van der Waals surface area contributed by atoms with Gasteiger partial charge in [-0.2, -0.15) is 5.26 Å². The van der Waals surface area contributed by atoms with Crippen LogP contribution in [0.5, 0.6) is 5.75 Å². The Morgan fingerprint density at radius 3 is 2.72 bits per heavy atom. The molecule has 2 aromatic rings. The number of carboxylic acid groups (broad SMARTS) is 1. The van der Waals surface area contributed by atoms with Crippen molar-refractivity contribution in [2.24, 2.45) is 5.92 Å². The number of nitriles is 1. The number of thiazole rings is 1. The van der Waals surface area contributed by atoms with E-state index >= 15 is 0 Å². The number of rotatable bonds is 9. The van der Waals surface area contributed by atoms with E-state index in [1.807, 2.05) is 13.8 Å². The van der Waals surface area contributed by atoms with Crippen LogP contribution in [0, 0.1) is 24.2 Å². The van der Waals surface area contributed by atoms with Gasteiger partial charge >= 0.3 is 5.97 Å². The van der Waals surface area contributed by atoms with Crippen LogP contribution in [0.15, 0.2) is 18.2 Å². The Kier molecular flexibility index (Phi) is 7.45. The summed E-state index contributed by atoms with van der Waals surface area (Å²) in [6.07, 6.45) is -0.109. The Labute approximate surface area is 172 Å². The van der Waals surface area contributed by atoms with Crippen molar-refractivity contribution in [2.75, 3.05) is 6.61 Å². The summed E-state index contributed by atoms with van der Waals surface area (Å²) in [4.78, 5) is 38.8. The molecule has 0 aliphatic heterocycles. The molecule has 0 saturated heterocycles. The molecule has 1 aromatic heterocycles. The summed E-state index contributed by atoms with van der Waals surface area (Å²) in [6, 6.07) is 6.09. The molecule has 2 rings (SSSR count). The second-order valence-corrected chi connectivity index (χ2v) is 7.77. The van der Waals surface area contributed by atoms with Crippen LogP contribution in [0.25, 0.3) is 10.6 Å². The lowest BCUT2D eigenvalue weighted by Crippen LogP contribution is -2.37. The van der Waals surface area contributed by atoms with Gasteiger partial charge in [-0.1, -0.05) is 13.8 Å².